The number of hydrogen-bond acceptors (Lipinski definition) is 4. The van der Waals surface area contributed by atoms with Crippen molar-refractivity contribution in [1.29, 1.82) is 0 Å². The van der Waals surface area contributed by atoms with Gasteiger partial charge in [0.25, 0.3) is 5.91 Å². The number of anilines is 1. The summed E-state index contributed by atoms with van der Waals surface area (Å²) in [5.41, 5.74) is 7.95. The zero-order chi connectivity index (χ0) is 19.5. The van der Waals surface area contributed by atoms with Gasteiger partial charge in [-0.25, -0.2) is 4.21 Å². The highest BCUT2D eigenvalue weighted by molar-refractivity contribution is 7.85. The lowest BCUT2D eigenvalue weighted by atomic mass is 9.98. The largest absolute Gasteiger partial charge is 0.492 e. The van der Waals surface area contributed by atoms with Gasteiger partial charge in [-0.3, -0.25) is 9.52 Å². The zero-order valence-electron chi connectivity index (χ0n) is 15.3. The van der Waals surface area contributed by atoms with Crippen LogP contribution in [0.25, 0.3) is 0 Å². The van der Waals surface area contributed by atoms with E-state index in [-0.39, 0.29) is 17.7 Å². The van der Waals surface area contributed by atoms with E-state index in [1.165, 1.54) is 0 Å². The Balaban J connectivity index is 1.43. The molecule has 7 nitrogen and oxygen atoms in total. The Morgan fingerprint density at radius 1 is 1.25 bits per heavy atom. The molecular weight excluding hydrogens is 376 g/mol. The Kier molecular flexibility index (Phi) is 5.29. The second-order valence-corrected chi connectivity index (χ2v) is 7.83. The van der Waals surface area contributed by atoms with Gasteiger partial charge in [0.2, 0.25) is 11.2 Å². The van der Waals surface area contributed by atoms with Crippen LogP contribution in [-0.4, -0.2) is 40.5 Å². The average Bonchev–Trinajstić information content (AvgIpc) is 2.72. The van der Waals surface area contributed by atoms with Crippen LogP contribution in [0.3, 0.4) is 0 Å². The van der Waals surface area contributed by atoms with Gasteiger partial charge in [-0.1, -0.05) is 24.3 Å². The van der Waals surface area contributed by atoms with E-state index >= 15 is 0 Å². The summed E-state index contributed by atoms with van der Waals surface area (Å²) < 4.78 is 24.3. The average molecular weight is 398 g/mol. The van der Waals surface area contributed by atoms with Gasteiger partial charge >= 0.3 is 0 Å². The minimum atomic E-state index is -1.56. The molecule has 0 aromatic heterocycles. The van der Waals surface area contributed by atoms with Crippen LogP contribution in [-0.2, 0) is 11.2 Å². The van der Waals surface area contributed by atoms with E-state index in [1.54, 1.807) is 6.07 Å². The van der Waals surface area contributed by atoms with Crippen molar-refractivity contribution in [2.24, 2.45) is 16.0 Å². The quantitative estimate of drug-likeness (QED) is 0.826. The summed E-state index contributed by atoms with van der Waals surface area (Å²) in [5, 5.41) is 0. The molecule has 3 N–H and O–H groups in total. The SMILES string of the molecule is NC1=NS(=O)Nc2cccc(OCC3CCCN(C(=O)c4ccccc4)C3)c21. The molecule has 0 saturated carbocycles. The molecule has 8 heteroatoms. The normalized spacial score (nSPS) is 21.3. The van der Waals surface area contributed by atoms with Gasteiger partial charge in [0.05, 0.1) is 17.9 Å². The maximum Gasteiger partial charge on any atom is 0.253 e. The van der Waals surface area contributed by atoms with Gasteiger partial charge in [0.1, 0.15) is 11.6 Å². The molecule has 1 saturated heterocycles. The monoisotopic (exact) mass is 398 g/mol. The summed E-state index contributed by atoms with van der Waals surface area (Å²) in [4.78, 5) is 14.6. The first-order valence-corrected chi connectivity index (χ1v) is 10.4. The van der Waals surface area contributed by atoms with E-state index in [0.717, 1.165) is 19.4 Å². The second-order valence-electron chi connectivity index (χ2n) is 6.94. The third-order valence-electron chi connectivity index (χ3n) is 4.96. The summed E-state index contributed by atoms with van der Waals surface area (Å²) in [6, 6.07) is 14.8. The van der Waals surface area contributed by atoms with Crippen LogP contribution >= 0.6 is 0 Å². The predicted octanol–water partition coefficient (Wildman–Crippen LogP) is 2.33. The van der Waals surface area contributed by atoms with E-state index in [4.69, 9.17) is 10.5 Å². The van der Waals surface area contributed by atoms with Crippen molar-refractivity contribution in [2.75, 3.05) is 24.4 Å². The van der Waals surface area contributed by atoms with Crippen molar-refractivity contribution in [1.82, 2.24) is 4.90 Å². The number of ether oxygens (including phenoxy) is 1. The number of amidine groups is 1. The number of likely N-dealkylation sites (tertiary alicyclic amines) is 1. The molecular formula is C20H22N4O3S. The van der Waals surface area contributed by atoms with Crippen molar-refractivity contribution in [2.45, 2.75) is 12.8 Å². The predicted molar refractivity (Wildman–Crippen MR) is 109 cm³/mol. The van der Waals surface area contributed by atoms with E-state index in [1.807, 2.05) is 47.4 Å². The molecule has 0 aliphatic carbocycles. The lowest BCUT2D eigenvalue weighted by Gasteiger charge is -2.33. The number of nitrogens with zero attached hydrogens (tertiary/aromatic N) is 2. The first-order chi connectivity index (χ1) is 13.6. The van der Waals surface area contributed by atoms with Crippen LogP contribution in [0, 0.1) is 5.92 Å². The summed E-state index contributed by atoms with van der Waals surface area (Å²) in [7, 11) is 0. The van der Waals surface area contributed by atoms with Crippen molar-refractivity contribution in [3.8, 4) is 5.75 Å². The van der Waals surface area contributed by atoms with Crippen LogP contribution < -0.4 is 15.2 Å². The van der Waals surface area contributed by atoms with Gasteiger partial charge in [0, 0.05) is 24.6 Å². The molecule has 4 rings (SSSR count). The number of rotatable bonds is 4. The molecule has 146 valence electrons. The molecule has 1 amide bonds. The highest BCUT2D eigenvalue weighted by Gasteiger charge is 2.26. The number of benzene rings is 2. The molecule has 1 fully saturated rings. The fourth-order valence-electron chi connectivity index (χ4n) is 3.61. The van der Waals surface area contributed by atoms with E-state index < -0.39 is 11.2 Å². The Morgan fingerprint density at radius 3 is 2.89 bits per heavy atom. The fourth-order valence-corrected chi connectivity index (χ4v) is 4.28. The minimum Gasteiger partial charge on any atom is -0.492 e. The topological polar surface area (TPSA) is 97.0 Å². The van der Waals surface area contributed by atoms with Crippen molar-refractivity contribution < 1.29 is 13.7 Å². The van der Waals surface area contributed by atoms with Crippen molar-refractivity contribution in [3.63, 3.8) is 0 Å². The van der Waals surface area contributed by atoms with Crippen LogP contribution in [0.15, 0.2) is 52.9 Å². The van der Waals surface area contributed by atoms with Crippen LogP contribution in [0.2, 0.25) is 0 Å². The molecule has 2 unspecified atom stereocenters. The first kappa shape index (κ1) is 18.5. The Hall–Kier alpha value is -2.87. The Labute approximate surface area is 166 Å². The van der Waals surface area contributed by atoms with Crippen LogP contribution in [0.5, 0.6) is 5.75 Å². The standard InChI is InChI=1S/C20H22N4O3S/c21-19-18-16(22-28(26)23-19)9-4-10-17(18)27-13-14-6-5-11-24(12-14)20(25)15-7-2-1-3-8-15/h1-4,7-10,14,22H,5-6,11-13H2,(H2,21,23). The number of fused-ring (bicyclic) bond motifs is 1. The number of amides is 1. The van der Waals surface area contributed by atoms with E-state index in [9.17, 15) is 9.00 Å². The molecule has 2 aliphatic heterocycles. The van der Waals surface area contributed by atoms with Gasteiger partial charge in [-0.15, -0.1) is 0 Å². The molecule has 2 aromatic rings. The Morgan fingerprint density at radius 2 is 2.07 bits per heavy atom. The highest BCUT2D eigenvalue weighted by atomic mass is 32.2. The molecule has 2 aliphatic rings. The third kappa shape index (κ3) is 3.87. The number of piperidine rings is 1. The second kappa shape index (κ2) is 8.02. The molecule has 0 spiro atoms. The number of hydrogen-bond donors (Lipinski definition) is 2. The number of nitrogens with one attached hydrogen (secondary N) is 1. The van der Waals surface area contributed by atoms with Crippen LogP contribution in [0.1, 0.15) is 28.8 Å². The first-order valence-electron chi connectivity index (χ1n) is 9.25. The molecule has 2 heterocycles. The number of carbonyl (C=O) groups is 1. The molecule has 2 atom stereocenters. The van der Waals surface area contributed by atoms with Crippen molar-refractivity contribution >= 4 is 28.6 Å². The zero-order valence-corrected chi connectivity index (χ0v) is 16.2. The maximum atomic E-state index is 12.7. The summed E-state index contributed by atoms with van der Waals surface area (Å²) in [6.07, 6.45) is 1.95. The van der Waals surface area contributed by atoms with Crippen molar-refractivity contribution in [3.05, 3.63) is 59.7 Å². The summed E-state index contributed by atoms with van der Waals surface area (Å²) >= 11 is -1.56. The van der Waals surface area contributed by atoms with Gasteiger partial charge < -0.3 is 15.4 Å². The minimum absolute atomic E-state index is 0.0606. The number of carbonyl (C=O) groups excluding carboxylic acids is 1. The van der Waals surface area contributed by atoms with E-state index in [2.05, 4.69) is 9.12 Å². The van der Waals surface area contributed by atoms with Gasteiger partial charge in [-0.2, -0.15) is 4.40 Å². The van der Waals surface area contributed by atoms with Gasteiger partial charge in [0.15, 0.2) is 0 Å². The van der Waals surface area contributed by atoms with Gasteiger partial charge in [-0.05, 0) is 37.1 Å². The molecule has 2 aromatic carbocycles. The maximum absolute atomic E-state index is 12.7. The number of nitrogens with two attached hydrogens (primary N) is 1. The molecule has 0 radical (unpaired) electrons. The van der Waals surface area contributed by atoms with Crippen LogP contribution in [0.4, 0.5) is 5.69 Å². The summed E-state index contributed by atoms with van der Waals surface area (Å²) in [6.45, 7) is 1.90. The summed E-state index contributed by atoms with van der Waals surface area (Å²) in [5.74, 6) is 1.10. The highest BCUT2D eigenvalue weighted by Crippen LogP contribution is 2.30. The molecule has 28 heavy (non-hydrogen) atoms. The Bertz CT molecular complexity index is 932. The smallest absolute Gasteiger partial charge is 0.253 e. The molecule has 0 bridgehead atoms. The van der Waals surface area contributed by atoms with E-state index in [0.29, 0.717) is 35.7 Å². The lowest BCUT2D eigenvalue weighted by molar-refractivity contribution is 0.0633. The lowest BCUT2D eigenvalue weighted by Crippen LogP contribution is -2.41. The third-order valence-corrected chi connectivity index (χ3v) is 5.72. The fraction of sp³-hybridized carbons (Fsp3) is 0.300.